The van der Waals surface area contributed by atoms with Crippen LogP contribution in [0.15, 0.2) is 36.5 Å². The average molecular weight is 391 g/mol. The Morgan fingerprint density at radius 2 is 2.03 bits per heavy atom. The Kier molecular flexibility index (Phi) is 4.28. The van der Waals surface area contributed by atoms with Gasteiger partial charge in [0, 0.05) is 25.3 Å². The highest BCUT2D eigenvalue weighted by Crippen LogP contribution is 2.39. The summed E-state index contributed by atoms with van der Waals surface area (Å²) in [6.07, 6.45) is 4.44. The Bertz CT molecular complexity index is 991. The number of aromatic nitrogens is 1. The van der Waals surface area contributed by atoms with Crippen LogP contribution in [0.2, 0.25) is 0 Å². The maximum Gasteiger partial charge on any atom is 0.330 e. The molecule has 0 saturated carbocycles. The highest BCUT2D eigenvalue weighted by Gasteiger charge is 2.45. The van der Waals surface area contributed by atoms with E-state index >= 15 is 0 Å². The number of rotatable bonds is 1. The normalized spacial score (nSPS) is 23.3. The number of likely N-dealkylation sites (tertiary alicyclic amines) is 2. The summed E-state index contributed by atoms with van der Waals surface area (Å²) in [6.45, 7) is 3.78. The van der Waals surface area contributed by atoms with E-state index in [-0.39, 0.29) is 18.0 Å². The van der Waals surface area contributed by atoms with Crippen molar-refractivity contribution in [2.24, 2.45) is 0 Å². The fourth-order valence-corrected chi connectivity index (χ4v) is 4.92. The molecule has 2 saturated heterocycles. The minimum absolute atomic E-state index is 0.102. The fourth-order valence-electron chi connectivity index (χ4n) is 4.92. The molecule has 2 aromatic rings. The van der Waals surface area contributed by atoms with Gasteiger partial charge in [-0.2, -0.15) is 0 Å². The van der Waals surface area contributed by atoms with Crippen LogP contribution < -0.4 is 10.2 Å². The SMILES string of the molecule is CCc1ccc2c(c1)C(=O)Nc1cccnc1N2C(=O)N1CCC2C1CCN2C. The Morgan fingerprint density at radius 3 is 2.86 bits per heavy atom. The maximum atomic E-state index is 13.8. The maximum absolute atomic E-state index is 13.8. The molecule has 4 heterocycles. The van der Waals surface area contributed by atoms with E-state index in [4.69, 9.17) is 0 Å². The highest BCUT2D eigenvalue weighted by molar-refractivity contribution is 6.17. The lowest BCUT2D eigenvalue weighted by Gasteiger charge is -2.31. The van der Waals surface area contributed by atoms with Crippen molar-refractivity contribution >= 4 is 29.1 Å². The van der Waals surface area contributed by atoms with E-state index in [0.717, 1.165) is 37.9 Å². The molecule has 1 N–H and O–H groups in total. The summed E-state index contributed by atoms with van der Waals surface area (Å²) in [4.78, 5) is 37.2. The minimum atomic E-state index is -0.209. The van der Waals surface area contributed by atoms with Gasteiger partial charge in [0.1, 0.15) is 0 Å². The third-order valence-electron chi connectivity index (χ3n) is 6.49. The molecule has 0 spiro atoms. The van der Waals surface area contributed by atoms with Gasteiger partial charge in [-0.25, -0.2) is 14.7 Å². The number of hydrogen-bond donors (Lipinski definition) is 1. The number of aryl methyl sites for hydroxylation is 1. The monoisotopic (exact) mass is 391 g/mol. The van der Waals surface area contributed by atoms with Crippen molar-refractivity contribution in [2.45, 2.75) is 38.3 Å². The summed E-state index contributed by atoms with van der Waals surface area (Å²) in [7, 11) is 2.13. The number of hydrogen-bond acceptors (Lipinski definition) is 4. The van der Waals surface area contributed by atoms with Gasteiger partial charge in [-0.05, 0) is 56.1 Å². The molecule has 1 aromatic heterocycles. The number of pyridine rings is 1. The van der Waals surface area contributed by atoms with E-state index < -0.39 is 0 Å². The molecule has 0 radical (unpaired) electrons. The first-order chi connectivity index (χ1) is 14.1. The lowest BCUT2D eigenvalue weighted by Crippen LogP contribution is -2.45. The number of fused-ring (bicyclic) bond motifs is 3. The van der Waals surface area contributed by atoms with Crippen molar-refractivity contribution in [2.75, 3.05) is 30.4 Å². The number of carbonyl (C=O) groups excluding carboxylic acids is 2. The van der Waals surface area contributed by atoms with Gasteiger partial charge in [-0.3, -0.25) is 4.79 Å². The highest BCUT2D eigenvalue weighted by atomic mass is 16.2. The predicted molar refractivity (Wildman–Crippen MR) is 112 cm³/mol. The first-order valence-corrected chi connectivity index (χ1v) is 10.3. The molecule has 3 aliphatic heterocycles. The summed E-state index contributed by atoms with van der Waals surface area (Å²) in [5.74, 6) is 0.267. The smallest absolute Gasteiger partial charge is 0.319 e. The second-order valence-electron chi connectivity index (χ2n) is 8.04. The zero-order valence-corrected chi connectivity index (χ0v) is 16.8. The van der Waals surface area contributed by atoms with Crippen LogP contribution in [0.3, 0.4) is 0 Å². The van der Waals surface area contributed by atoms with Crippen LogP contribution in [-0.2, 0) is 6.42 Å². The molecule has 150 valence electrons. The van der Waals surface area contributed by atoms with Gasteiger partial charge in [-0.15, -0.1) is 0 Å². The summed E-state index contributed by atoms with van der Waals surface area (Å²) in [5, 5.41) is 2.94. The van der Waals surface area contributed by atoms with Gasteiger partial charge in [0.15, 0.2) is 5.82 Å². The molecule has 3 aliphatic rings. The van der Waals surface area contributed by atoms with E-state index in [1.54, 1.807) is 23.2 Å². The molecule has 0 aliphatic carbocycles. The average Bonchev–Trinajstić information content (AvgIpc) is 3.29. The third-order valence-corrected chi connectivity index (χ3v) is 6.49. The van der Waals surface area contributed by atoms with E-state index in [9.17, 15) is 9.59 Å². The van der Waals surface area contributed by atoms with Crippen LogP contribution in [0, 0.1) is 0 Å². The molecular weight excluding hydrogens is 366 g/mol. The third kappa shape index (κ3) is 2.80. The van der Waals surface area contributed by atoms with E-state index in [1.165, 1.54) is 0 Å². The Labute approximate surface area is 170 Å². The molecule has 2 atom stereocenters. The number of anilines is 3. The van der Waals surface area contributed by atoms with Gasteiger partial charge in [0.25, 0.3) is 5.91 Å². The summed E-state index contributed by atoms with van der Waals surface area (Å²) >= 11 is 0. The van der Waals surface area contributed by atoms with Gasteiger partial charge >= 0.3 is 6.03 Å². The molecule has 2 fully saturated rings. The van der Waals surface area contributed by atoms with Crippen LogP contribution in [0.25, 0.3) is 0 Å². The summed E-state index contributed by atoms with van der Waals surface area (Å²) < 4.78 is 0. The first kappa shape index (κ1) is 18.1. The van der Waals surface area contributed by atoms with Gasteiger partial charge in [-0.1, -0.05) is 13.0 Å². The Hall–Kier alpha value is -2.93. The molecular formula is C22H25N5O2. The zero-order chi connectivity index (χ0) is 20.1. The van der Waals surface area contributed by atoms with Gasteiger partial charge < -0.3 is 15.1 Å². The van der Waals surface area contributed by atoms with E-state index in [1.807, 2.05) is 23.1 Å². The van der Waals surface area contributed by atoms with E-state index in [0.29, 0.717) is 28.8 Å². The van der Waals surface area contributed by atoms with E-state index in [2.05, 4.69) is 29.2 Å². The van der Waals surface area contributed by atoms with Crippen LogP contribution in [0.5, 0.6) is 0 Å². The Balaban J connectivity index is 1.62. The van der Waals surface area contributed by atoms with Gasteiger partial charge in [0.05, 0.1) is 23.0 Å². The van der Waals surface area contributed by atoms with Gasteiger partial charge in [0.2, 0.25) is 0 Å². The zero-order valence-electron chi connectivity index (χ0n) is 16.8. The number of nitrogens with zero attached hydrogens (tertiary/aromatic N) is 4. The quantitative estimate of drug-likeness (QED) is 0.810. The minimum Gasteiger partial charge on any atom is -0.319 e. The second-order valence-corrected chi connectivity index (χ2v) is 8.04. The fraction of sp³-hybridized carbons (Fsp3) is 0.409. The topological polar surface area (TPSA) is 68.8 Å². The van der Waals surface area contributed by atoms with Crippen LogP contribution in [-0.4, -0.2) is 58.9 Å². The van der Waals surface area contributed by atoms with Crippen molar-refractivity contribution in [3.63, 3.8) is 0 Å². The molecule has 0 bridgehead atoms. The van der Waals surface area contributed by atoms with Crippen LogP contribution >= 0.6 is 0 Å². The van der Waals surface area contributed by atoms with Crippen molar-refractivity contribution in [1.82, 2.24) is 14.8 Å². The summed E-state index contributed by atoms with van der Waals surface area (Å²) in [5.41, 5.74) is 2.72. The standard InChI is InChI=1S/C22H25N5O2/c1-3-14-6-7-17-15(13-14)21(28)24-16-5-4-10-23-20(16)27(17)22(29)26-12-9-18-19(26)8-11-25(18)2/h4-7,10,13,18-19H,3,8-9,11-12H2,1-2H3,(H,24,28). The lowest BCUT2D eigenvalue weighted by molar-refractivity contribution is 0.102. The molecule has 2 unspecified atom stereocenters. The predicted octanol–water partition coefficient (Wildman–Crippen LogP) is 3.25. The van der Waals surface area contributed by atoms with Crippen LogP contribution in [0.4, 0.5) is 22.0 Å². The largest absolute Gasteiger partial charge is 0.330 e. The number of urea groups is 1. The Morgan fingerprint density at radius 1 is 1.21 bits per heavy atom. The molecule has 5 rings (SSSR count). The second kappa shape index (κ2) is 6.84. The molecule has 29 heavy (non-hydrogen) atoms. The number of likely N-dealkylation sites (N-methyl/N-ethyl adjacent to an activating group) is 1. The number of nitrogens with one attached hydrogen (secondary N) is 1. The molecule has 7 nitrogen and oxygen atoms in total. The van der Waals surface area contributed by atoms with Crippen molar-refractivity contribution in [1.29, 1.82) is 0 Å². The van der Waals surface area contributed by atoms with Crippen LogP contribution in [0.1, 0.15) is 35.7 Å². The lowest BCUT2D eigenvalue weighted by atomic mass is 10.1. The molecule has 3 amide bonds. The molecule has 7 heteroatoms. The number of amides is 3. The molecule has 1 aromatic carbocycles. The van der Waals surface area contributed by atoms with Crippen molar-refractivity contribution < 1.29 is 9.59 Å². The van der Waals surface area contributed by atoms with Crippen molar-refractivity contribution in [3.05, 3.63) is 47.7 Å². The first-order valence-electron chi connectivity index (χ1n) is 10.3. The summed E-state index contributed by atoms with van der Waals surface area (Å²) in [6, 6.07) is 9.83. The van der Waals surface area contributed by atoms with Crippen molar-refractivity contribution in [3.8, 4) is 0 Å². The number of carbonyl (C=O) groups is 2. The number of benzene rings is 1.